The smallest absolute Gasteiger partial charge is 0.252 e. The molecular formula is C32H35N7O. The molecule has 8 heteroatoms. The fourth-order valence-electron chi connectivity index (χ4n) is 4.79. The third-order valence-corrected chi connectivity index (χ3v) is 6.97. The largest absolute Gasteiger partial charge is 0.345 e. The second-order valence-corrected chi connectivity index (χ2v) is 10.1. The number of hydrogen-bond acceptors (Lipinski definition) is 6. The zero-order valence-electron chi connectivity index (χ0n) is 23.2. The topological polar surface area (TPSA) is 88.0 Å². The molecular weight excluding hydrogens is 498 g/mol. The molecule has 0 aliphatic rings. The molecule has 0 fully saturated rings. The highest BCUT2D eigenvalue weighted by Gasteiger charge is 2.20. The molecule has 204 valence electrons. The average Bonchev–Trinajstić information content (AvgIpc) is 3.39. The van der Waals surface area contributed by atoms with E-state index in [1.54, 1.807) is 12.4 Å². The van der Waals surface area contributed by atoms with Gasteiger partial charge in [0.2, 0.25) is 0 Å². The molecule has 0 aliphatic heterocycles. The van der Waals surface area contributed by atoms with Crippen LogP contribution in [-0.2, 0) is 13.1 Å². The molecule has 40 heavy (non-hydrogen) atoms. The summed E-state index contributed by atoms with van der Waals surface area (Å²) in [7, 11) is 4.07. The number of pyridine rings is 2. The van der Waals surface area contributed by atoms with Crippen molar-refractivity contribution < 1.29 is 4.79 Å². The summed E-state index contributed by atoms with van der Waals surface area (Å²) < 4.78 is 1.84. The Morgan fingerprint density at radius 2 is 1.82 bits per heavy atom. The van der Waals surface area contributed by atoms with Crippen molar-refractivity contribution in [2.24, 2.45) is 0 Å². The SMILES string of the molecule is CNCCN(C)Cc1cccc(-c2cc(C(=O)N[C@@H](C)c3ccccc3)c3cnn(Cc4cccnc4)c3n2)c1. The molecule has 8 nitrogen and oxygen atoms in total. The van der Waals surface area contributed by atoms with Gasteiger partial charge in [-0.25, -0.2) is 9.67 Å². The minimum Gasteiger partial charge on any atom is -0.345 e. The number of nitrogens with zero attached hydrogens (tertiary/aromatic N) is 5. The number of aromatic nitrogens is 4. The van der Waals surface area contributed by atoms with E-state index in [1.807, 2.05) is 85.5 Å². The first-order valence-corrected chi connectivity index (χ1v) is 13.6. The number of nitrogens with one attached hydrogen (secondary N) is 2. The van der Waals surface area contributed by atoms with Crippen molar-refractivity contribution in [3.8, 4) is 11.3 Å². The van der Waals surface area contributed by atoms with Gasteiger partial charge in [0.15, 0.2) is 5.65 Å². The van der Waals surface area contributed by atoms with Crippen LogP contribution in [0.2, 0.25) is 0 Å². The van der Waals surface area contributed by atoms with Gasteiger partial charge in [-0.3, -0.25) is 9.78 Å². The minimum atomic E-state index is -0.158. The van der Waals surface area contributed by atoms with Crippen LogP contribution in [0.25, 0.3) is 22.3 Å². The molecule has 0 saturated carbocycles. The maximum absolute atomic E-state index is 13.7. The van der Waals surface area contributed by atoms with Crippen molar-refractivity contribution in [1.82, 2.24) is 35.3 Å². The number of amides is 1. The van der Waals surface area contributed by atoms with Gasteiger partial charge in [-0.1, -0.05) is 54.6 Å². The second kappa shape index (κ2) is 12.6. The lowest BCUT2D eigenvalue weighted by Crippen LogP contribution is -2.27. The first kappa shape index (κ1) is 27.2. The first-order chi connectivity index (χ1) is 19.5. The number of hydrogen-bond donors (Lipinski definition) is 2. The van der Waals surface area contributed by atoms with E-state index in [0.29, 0.717) is 23.1 Å². The Balaban J connectivity index is 1.53. The van der Waals surface area contributed by atoms with Gasteiger partial charge in [0.25, 0.3) is 5.91 Å². The molecule has 5 rings (SSSR count). The Hall–Kier alpha value is -4.40. The summed E-state index contributed by atoms with van der Waals surface area (Å²) in [5.41, 5.74) is 6.15. The third-order valence-electron chi connectivity index (χ3n) is 6.97. The molecule has 0 unspecified atom stereocenters. The standard InChI is InChI=1S/C32H35N7O/c1-23(26-11-5-4-6-12-26)36-32(40)28-18-30(27-13-7-9-24(17-27)21-38(3)16-15-33-2)37-31-29(28)20-35-39(31)22-25-10-8-14-34-19-25/h4-14,17-20,23,33H,15-16,21-22H2,1-3H3,(H,36,40)/t23-/m0/s1. The first-order valence-electron chi connectivity index (χ1n) is 13.6. The maximum atomic E-state index is 13.7. The third kappa shape index (κ3) is 6.42. The highest BCUT2D eigenvalue weighted by molar-refractivity contribution is 6.06. The van der Waals surface area contributed by atoms with E-state index in [4.69, 9.17) is 4.98 Å². The van der Waals surface area contributed by atoms with Gasteiger partial charge in [-0.15, -0.1) is 0 Å². The van der Waals surface area contributed by atoms with Crippen molar-refractivity contribution in [3.63, 3.8) is 0 Å². The van der Waals surface area contributed by atoms with Crippen molar-refractivity contribution >= 4 is 16.9 Å². The van der Waals surface area contributed by atoms with Crippen molar-refractivity contribution in [2.75, 3.05) is 27.2 Å². The van der Waals surface area contributed by atoms with E-state index < -0.39 is 0 Å². The number of likely N-dealkylation sites (N-methyl/N-ethyl adjacent to an activating group) is 2. The monoisotopic (exact) mass is 533 g/mol. The Kier molecular flexibility index (Phi) is 8.59. The van der Waals surface area contributed by atoms with Gasteiger partial charge in [0.1, 0.15) is 0 Å². The number of benzene rings is 2. The molecule has 0 bridgehead atoms. The highest BCUT2D eigenvalue weighted by atomic mass is 16.1. The van der Waals surface area contributed by atoms with Crippen LogP contribution in [0.1, 0.15) is 40.0 Å². The molecule has 2 aromatic carbocycles. The molecule has 0 spiro atoms. The van der Waals surface area contributed by atoms with E-state index in [-0.39, 0.29) is 11.9 Å². The summed E-state index contributed by atoms with van der Waals surface area (Å²) in [5, 5.41) is 11.7. The van der Waals surface area contributed by atoms with E-state index in [2.05, 4.69) is 44.8 Å². The van der Waals surface area contributed by atoms with Gasteiger partial charge < -0.3 is 15.5 Å². The Morgan fingerprint density at radius 3 is 2.60 bits per heavy atom. The van der Waals surface area contributed by atoms with E-state index in [9.17, 15) is 4.79 Å². The van der Waals surface area contributed by atoms with Crippen LogP contribution in [0.15, 0.2) is 91.4 Å². The summed E-state index contributed by atoms with van der Waals surface area (Å²) in [6.07, 6.45) is 5.30. The lowest BCUT2D eigenvalue weighted by Gasteiger charge is -2.17. The summed E-state index contributed by atoms with van der Waals surface area (Å²) in [5.74, 6) is -0.158. The number of carbonyl (C=O) groups is 1. The summed E-state index contributed by atoms with van der Waals surface area (Å²) in [6.45, 7) is 5.19. The summed E-state index contributed by atoms with van der Waals surface area (Å²) in [6, 6.07) is 24.0. The zero-order valence-corrected chi connectivity index (χ0v) is 23.2. The number of carbonyl (C=O) groups excluding carboxylic acids is 1. The minimum absolute atomic E-state index is 0.151. The van der Waals surface area contributed by atoms with Gasteiger partial charge in [0, 0.05) is 37.6 Å². The molecule has 0 radical (unpaired) electrons. The number of fused-ring (bicyclic) bond motifs is 1. The average molecular weight is 534 g/mol. The predicted octanol–water partition coefficient (Wildman–Crippen LogP) is 4.68. The van der Waals surface area contributed by atoms with Crippen molar-refractivity contribution in [3.05, 3.63) is 114 Å². The Labute approximate surface area is 235 Å². The molecule has 3 aromatic heterocycles. The van der Waals surface area contributed by atoms with E-state index >= 15 is 0 Å². The molecule has 0 aliphatic carbocycles. The van der Waals surface area contributed by atoms with Crippen molar-refractivity contribution in [1.29, 1.82) is 0 Å². The predicted molar refractivity (Wildman–Crippen MR) is 159 cm³/mol. The van der Waals surface area contributed by atoms with Gasteiger partial charge >= 0.3 is 0 Å². The van der Waals surface area contributed by atoms with Crippen LogP contribution in [0.4, 0.5) is 0 Å². The van der Waals surface area contributed by atoms with Crippen LogP contribution in [0.3, 0.4) is 0 Å². The van der Waals surface area contributed by atoms with Gasteiger partial charge in [-0.05, 0) is 55.9 Å². The fourth-order valence-corrected chi connectivity index (χ4v) is 4.79. The summed E-state index contributed by atoms with van der Waals surface area (Å²) >= 11 is 0. The molecule has 5 aromatic rings. The molecule has 2 N–H and O–H groups in total. The fraction of sp³-hybridized carbons (Fsp3) is 0.250. The van der Waals surface area contributed by atoms with Gasteiger partial charge in [0.05, 0.1) is 35.4 Å². The molecule has 1 atom stereocenters. The molecule has 0 saturated heterocycles. The lowest BCUT2D eigenvalue weighted by molar-refractivity contribution is 0.0941. The van der Waals surface area contributed by atoms with Crippen LogP contribution >= 0.6 is 0 Å². The summed E-state index contributed by atoms with van der Waals surface area (Å²) in [4.78, 5) is 25.2. The van der Waals surface area contributed by atoms with Crippen LogP contribution in [0, 0.1) is 0 Å². The van der Waals surface area contributed by atoms with Crippen molar-refractivity contribution in [2.45, 2.75) is 26.1 Å². The van der Waals surface area contributed by atoms with E-state index in [0.717, 1.165) is 42.0 Å². The lowest BCUT2D eigenvalue weighted by atomic mass is 10.0. The van der Waals surface area contributed by atoms with E-state index in [1.165, 1.54) is 5.56 Å². The van der Waals surface area contributed by atoms with Crippen LogP contribution in [-0.4, -0.2) is 57.7 Å². The highest BCUT2D eigenvalue weighted by Crippen LogP contribution is 2.27. The normalized spacial score (nSPS) is 12.1. The Bertz CT molecular complexity index is 1570. The quantitative estimate of drug-likeness (QED) is 0.256. The Morgan fingerprint density at radius 1 is 1.00 bits per heavy atom. The van der Waals surface area contributed by atoms with Gasteiger partial charge in [-0.2, -0.15) is 5.10 Å². The zero-order chi connectivity index (χ0) is 27.9. The molecule has 3 heterocycles. The van der Waals surface area contributed by atoms with Crippen LogP contribution in [0.5, 0.6) is 0 Å². The van der Waals surface area contributed by atoms with Crippen LogP contribution < -0.4 is 10.6 Å². The second-order valence-electron chi connectivity index (χ2n) is 10.1. The molecule has 1 amide bonds. The maximum Gasteiger partial charge on any atom is 0.252 e. The number of rotatable bonds is 11.